The third kappa shape index (κ3) is 2.84. The Morgan fingerprint density at radius 3 is 2.44 bits per heavy atom. The number of carbonyl (C=O) groups is 3. The summed E-state index contributed by atoms with van der Waals surface area (Å²) in [5.74, 6) is -0.383. The first-order chi connectivity index (χ1) is 11.8. The van der Waals surface area contributed by atoms with Gasteiger partial charge in [0.1, 0.15) is 0 Å². The number of benzene rings is 1. The highest BCUT2D eigenvalue weighted by Gasteiger charge is 2.53. The minimum atomic E-state index is -0.862. The van der Waals surface area contributed by atoms with Gasteiger partial charge in [-0.1, -0.05) is 31.2 Å². The van der Waals surface area contributed by atoms with E-state index in [-0.39, 0.29) is 23.5 Å². The SMILES string of the molecule is CCc1ccc(C(=O)C[N+]2=C(Cl)N=C3C2C(=O)N(C)C(=O)N3C)cc1. The molecule has 7 nitrogen and oxygen atoms in total. The Kier molecular flexibility index (Phi) is 4.43. The molecule has 0 aliphatic carbocycles. The number of aryl methyl sites for hydroxylation is 1. The van der Waals surface area contributed by atoms with Gasteiger partial charge in [0.05, 0.1) is 0 Å². The largest absolute Gasteiger partial charge is 0.394 e. The number of carbonyl (C=O) groups excluding carboxylic acids is 3. The minimum Gasteiger partial charge on any atom is -0.290 e. The number of halogens is 1. The summed E-state index contributed by atoms with van der Waals surface area (Å²) in [7, 11) is 2.92. The van der Waals surface area contributed by atoms with Gasteiger partial charge in [-0.05, 0) is 17.0 Å². The van der Waals surface area contributed by atoms with Crippen molar-refractivity contribution in [1.29, 1.82) is 0 Å². The Hall–Kier alpha value is -2.54. The predicted octanol–water partition coefficient (Wildman–Crippen LogP) is 1.34. The molecule has 0 spiro atoms. The Morgan fingerprint density at radius 2 is 1.84 bits per heavy atom. The fourth-order valence-corrected chi connectivity index (χ4v) is 3.14. The van der Waals surface area contributed by atoms with Gasteiger partial charge in [0, 0.05) is 31.3 Å². The number of imide groups is 1. The van der Waals surface area contributed by atoms with Gasteiger partial charge in [-0.2, -0.15) is 0 Å². The molecular weight excluding hydrogens is 344 g/mol. The molecule has 1 fully saturated rings. The van der Waals surface area contributed by atoms with Crippen LogP contribution < -0.4 is 0 Å². The number of likely N-dealkylation sites (N-methyl/N-ethyl adjacent to an activating group) is 2. The van der Waals surface area contributed by atoms with Gasteiger partial charge in [0.25, 0.3) is 17.8 Å². The van der Waals surface area contributed by atoms with E-state index in [1.54, 1.807) is 12.1 Å². The van der Waals surface area contributed by atoms with E-state index in [2.05, 4.69) is 4.99 Å². The molecule has 2 aliphatic rings. The lowest BCUT2D eigenvalue weighted by Gasteiger charge is -2.30. The normalized spacial score (nSPS) is 20.2. The van der Waals surface area contributed by atoms with E-state index in [0.717, 1.165) is 16.9 Å². The number of hydrogen-bond donors (Lipinski definition) is 0. The van der Waals surface area contributed by atoms with Crippen LogP contribution in [0.25, 0.3) is 0 Å². The smallest absolute Gasteiger partial charge is 0.290 e. The third-order valence-corrected chi connectivity index (χ3v) is 4.78. The van der Waals surface area contributed by atoms with Gasteiger partial charge < -0.3 is 0 Å². The van der Waals surface area contributed by atoms with Gasteiger partial charge in [0.2, 0.25) is 5.78 Å². The van der Waals surface area contributed by atoms with Gasteiger partial charge in [-0.3, -0.25) is 19.4 Å². The van der Waals surface area contributed by atoms with Gasteiger partial charge in [-0.15, -0.1) is 0 Å². The molecule has 8 heteroatoms. The van der Waals surface area contributed by atoms with E-state index < -0.39 is 18.0 Å². The van der Waals surface area contributed by atoms with Crippen molar-refractivity contribution in [1.82, 2.24) is 9.80 Å². The van der Waals surface area contributed by atoms with Crippen molar-refractivity contribution in [2.75, 3.05) is 20.6 Å². The number of fused-ring (bicyclic) bond motifs is 1. The number of aliphatic imine (C=N–C) groups is 1. The van der Waals surface area contributed by atoms with Crippen molar-refractivity contribution in [3.8, 4) is 0 Å². The average molecular weight is 362 g/mol. The van der Waals surface area contributed by atoms with Crippen LogP contribution in [0.2, 0.25) is 0 Å². The number of Topliss-reactive ketones (excluding diaryl/α,β-unsaturated/α-hetero) is 1. The second-order valence-corrected chi connectivity index (χ2v) is 6.32. The van der Waals surface area contributed by atoms with Crippen molar-refractivity contribution < 1.29 is 19.0 Å². The van der Waals surface area contributed by atoms with Gasteiger partial charge >= 0.3 is 11.3 Å². The summed E-state index contributed by atoms with van der Waals surface area (Å²) in [6.45, 7) is 1.95. The van der Waals surface area contributed by atoms with Crippen LogP contribution in [0.5, 0.6) is 0 Å². The van der Waals surface area contributed by atoms with Gasteiger partial charge in [0.15, 0.2) is 6.54 Å². The molecule has 1 atom stereocenters. The van der Waals surface area contributed by atoms with Crippen LogP contribution in [-0.2, 0) is 11.2 Å². The van der Waals surface area contributed by atoms with Crippen molar-refractivity contribution >= 4 is 40.5 Å². The van der Waals surface area contributed by atoms with Crippen LogP contribution in [0, 0.1) is 0 Å². The summed E-state index contributed by atoms with van der Waals surface area (Å²) in [4.78, 5) is 43.5. The van der Waals surface area contributed by atoms with Crippen LogP contribution in [-0.4, -0.2) is 69.9 Å². The molecule has 3 rings (SSSR count). The van der Waals surface area contributed by atoms with Crippen LogP contribution in [0.4, 0.5) is 4.79 Å². The zero-order valence-corrected chi connectivity index (χ0v) is 14.9. The fourth-order valence-electron chi connectivity index (χ4n) is 2.90. The minimum absolute atomic E-state index is 0.0295. The number of amidine groups is 2. The number of rotatable bonds is 4. The summed E-state index contributed by atoms with van der Waals surface area (Å²) in [6.07, 6.45) is 0.890. The first kappa shape index (κ1) is 17.3. The van der Waals surface area contributed by atoms with E-state index >= 15 is 0 Å². The summed E-state index contributed by atoms with van der Waals surface area (Å²) in [6, 6.07) is 5.98. The van der Waals surface area contributed by atoms with E-state index in [0.29, 0.717) is 5.56 Å². The Morgan fingerprint density at radius 1 is 1.20 bits per heavy atom. The molecule has 2 heterocycles. The van der Waals surface area contributed by atoms with E-state index in [4.69, 9.17) is 11.6 Å². The second-order valence-electron chi connectivity index (χ2n) is 5.98. The number of amides is 3. The highest BCUT2D eigenvalue weighted by Crippen LogP contribution is 2.20. The van der Waals surface area contributed by atoms with Crippen LogP contribution in [0.3, 0.4) is 0 Å². The zero-order chi connectivity index (χ0) is 18.3. The summed E-state index contributed by atoms with van der Waals surface area (Å²) >= 11 is 6.15. The molecule has 3 amide bonds. The molecule has 1 aromatic rings. The predicted molar refractivity (Wildman–Crippen MR) is 93.3 cm³/mol. The molecule has 0 radical (unpaired) electrons. The molecular formula is C17H18ClN4O3+. The zero-order valence-electron chi connectivity index (χ0n) is 14.2. The van der Waals surface area contributed by atoms with Crippen LogP contribution in [0.15, 0.2) is 29.3 Å². The highest BCUT2D eigenvalue weighted by atomic mass is 35.5. The lowest BCUT2D eigenvalue weighted by molar-refractivity contribution is -0.520. The lowest BCUT2D eigenvalue weighted by Crippen LogP contribution is -2.61. The van der Waals surface area contributed by atoms with E-state index in [9.17, 15) is 14.4 Å². The highest BCUT2D eigenvalue weighted by molar-refractivity contribution is 6.65. The first-order valence-electron chi connectivity index (χ1n) is 7.90. The number of ketones is 1. The average Bonchev–Trinajstić information content (AvgIpc) is 2.94. The maximum atomic E-state index is 12.6. The molecule has 0 N–H and O–H groups in total. The molecule has 1 aromatic carbocycles. The third-order valence-electron chi connectivity index (χ3n) is 4.48. The van der Waals surface area contributed by atoms with Crippen molar-refractivity contribution in [2.45, 2.75) is 19.4 Å². The van der Waals surface area contributed by atoms with Crippen LogP contribution >= 0.6 is 11.6 Å². The molecule has 0 saturated carbocycles. The van der Waals surface area contributed by atoms with Gasteiger partial charge in [-0.25, -0.2) is 9.37 Å². The first-order valence-corrected chi connectivity index (χ1v) is 8.28. The van der Waals surface area contributed by atoms with Crippen molar-refractivity contribution in [2.24, 2.45) is 4.99 Å². The topological polar surface area (TPSA) is 73.1 Å². The van der Waals surface area contributed by atoms with Crippen LogP contribution in [0.1, 0.15) is 22.8 Å². The molecule has 0 bridgehead atoms. The Balaban J connectivity index is 1.85. The lowest BCUT2D eigenvalue weighted by atomic mass is 10.1. The monoisotopic (exact) mass is 361 g/mol. The standard InChI is InChI=1S/C17H18ClN4O3/c1-4-10-5-7-11(8-6-10)12(23)9-22-13-14(19-16(22)18)20(2)17(25)21(3)15(13)24/h5-8,13H,4,9H2,1-3H3/q+1. The second kappa shape index (κ2) is 6.40. The molecule has 25 heavy (non-hydrogen) atoms. The number of urea groups is 1. The maximum absolute atomic E-state index is 12.6. The molecule has 2 aliphatic heterocycles. The summed E-state index contributed by atoms with van der Waals surface area (Å²) in [5, 5.41) is 0.0295. The van der Waals surface area contributed by atoms with Crippen molar-refractivity contribution in [3.05, 3.63) is 35.4 Å². The maximum Gasteiger partial charge on any atom is 0.394 e. The Labute approximate surface area is 150 Å². The summed E-state index contributed by atoms with van der Waals surface area (Å²) in [5.41, 5.74) is 1.67. The Bertz CT molecular complexity index is 829. The molecule has 1 unspecified atom stereocenters. The number of nitrogens with zero attached hydrogens (tertiary/aromatic N) is 4. The molecule has 1 saturated heterocycles. The van der Waals surface area contributed by atoms with E-state index in [1.165, 1.54) is 23.6 Å². The van der Waals surface area contributed by atoms with Crippen molar-refractivity contribution in [3.63, 3.8) is 0 Å². The molecule has 130 valence electrons. The van der Waals surface area contributed by atoms with E-state index in [1.807, 2.05) is 19.1 Å². The quantitative estimate of drug-likeness (QED) is 0.461. The fraction of sp³-hybridized carbons (Fsp3) is 0.353. The summed E-state index contributed by atoms with van der Waals surface area (Å²) < 4.78 is 1.43. The molecule has 0 aromatic heterocycles. The number of hydrogen-bond acceptors (Lipinski definition) is 4.